The fourth-order valence-electron chi connectivity index (χ4n) is 3.98. The molecule has 3 nitrogen and oxygen atoms in total. The van der Waals surface area contributed by atoms with E-state index < -0.39 is 0 Å². The highest BCUT2D eigenvalue weighted by Crippen LogP contribution is 2.41. The summed E-state index contributed by atoms with van der Waals surface area (Å²) in [7, 11) is 0. The van der Waals surface area contributed by atoms with E-state index in [1.807, 2.05) is 18.2 Å². The van der Waals surface area contributed by atoms with E-state index in [2.05, 4.69) is 47.0 Å². The highest BCUT2D eigenvalue weighted by atomic mass is 16.5. The Kier molecular flexibility index (Phi) is 5.88. The molecule has 4 rings (SSSR count). The first kappa shape index (κ1) is 17.6. The molecular formula is C23H30N2O. The molecule has 2 atom stereocenters. The van der Waals surface area contributed by atoms with E-state index >= 15 is 0 Å². The van der Waals surface area contributed by atoms with Gasteiger partial charge in [0.1, 0.15) is 12.4 Å². The minimum absolute atomic E-state index is 0.629. The van der Waals surface area contributed by atoms with Crippen LogP contribution in [0.5, 0.6) is 5.75 Å². The van der Waals surface area contributed by atoms with Crippen molar-refractivity contribution in [3.63, 3.8) is 0 Å². The molecule has 0 aromatic heterocycles. The number of hydrogen-bond acceptors (Lipinski definition) is 3. The van der Waals surface area contributed by atoms with E-state index in [0.717, 1.165) is 11.7 Å². The van der Waals surface area contributed by atoms with Crippen LogP contribution in [0.4, 0.5) is 0 Å². The molecule has 0 spiro atoms. The molecule has 1 aliphatic heterocycles. The fourth-order valence-corrected chi connectivity index (χ4v) is 3.98. The average Bonchev–Trinajstić information content (AvgIpc) is 3.48. The number of piperidine rings is 1. The first-order chi connectivity index (χ1) is 12.9. The number of benzene rings is 2. The van der Waals surface area contributed by atoms with Gasteiger partial charge in [-0.15, -0.1) is 0 Å². The molecule has 2 aromatic carbocycles. The second-order valence-corrected chi connectivity index (χ2v) is 7.73. The van der Waals surface area contributed by atoms with Gasteiger partial charge in [0.25, 0.3) is 0 Å². The summed E-state index contributed by atoms with van der Waals surface area (Å²) in [6.45, 7) is 4.21. The van der Waals surface area contributed by atoms with Crippen LogP contribution in [0.3, 0.4) is 0 Å². The number of rotatable bonds is 8. The third-order valence-corrected chi connectivity index (χ3v) is 5.76. The molecule has 3 heteroatoms. The third kappa shape index (κ3) is 4.87. The zero-order valence-corrected chi connectivity index (χ0v) is 15.5. The SMILES string of the molecule is c1ccc(COc2ccc(C3C[C@@H]3NCCC3CCNCC3)cc2)cc1. The van der Waals surface area contributed by atoms with Crippen molar-refractivity contribution in [1.29, 1.82) is 0 Å². The van der Waals surface area contributed by atoms with E-state index in [-0.39, 0.29) is 0 Å². The van der Waals surface area contributed by atoms with Crippen molar-refractivity contribution in [2.75, 3.05) is 19.6 Å². The van der Waals surface area contributed by atoms with E-state index in [1.165, 1.54) is 56.4 Å². The van der Waals surface area contributed by atoms with Gasteiger partial charge in [-0.2, -0.15) is 0 Å². The zero-order valence-electron chi connectivity index (χ0n) is 15.5. The van der Waals surface area contributed by atoms with Crippen molar-refractivity contribution in [3.05, 3.63) is 65.7 Å². The molecule has 1 heterocycles. The van der Waals surface area contributed by atoms with E-state index in [4.69, 9.17) is 4.74 Å². The molecule has 1 saturated carbocycles. The summed E-state index contributed by atoms with van der Waals surface area (Å²) in [6.07, 6.45) is 5.30. The van der Waals surface area contributed by atoms with Crippen molar-refractivity contribution in [2.45, 2.75) is 44.2 Å². The molecule has 138 valence electrons. The Bertz CT molecular complexity index is 664. The molecule has 0 amide bonds. The fraction of sp³-hybridized carbons (Fsp3) is 0.478. The molecule has 2 aliphatic rings. The van der Waals surface area contributed by atoms with Gasteiger partial charge in [0.2, 0.25) is 0 Å². The normalized spacial score (nSPS) is 22.9. The van der Waals surface area contributed by atoms with Gasteiger partial charge >= 0.3 is 0 Å². The molecule has 1 unspecified atom stereocenters. The zero-order chi connectivity index (χ0) is 17.6. The maximum absolute atomic E-state index is 5.89. The Morgan fingerprint density at radius 3 is 2.50 bits per heavy atom. The first-order valence-corrected chi connectivity index (χ1v) is 10.1. The molecule has 2 fully saturated rings. The molecule has 2 aromatic rings. The molecule has 0 bridgehead atoms. The summed E-state index contributed by atoms with van der Waals surface area (Å²) >= 11 is 0. The largest absolute Gasteiger partial charge is 0.489 e. The minimum atomic E-state index is 0.629. The highest BCUT2D eigenvalue weighted by molar-refractivity contribution is 5.34. The van der Waals surface area contributed by atoms with Gasteiger partial charge < -0.3 is 15.4 Å². The number of nitrogens with one attached hydrogen (secondary N) is 2. The highest BCUT2D eigenvalue weighted by Gasteiger charge is 2.37. The van der Waals surface area contributed by atoms with Gasteiger partial charge in [-0.25, -0.2) is 0 Å². The summed E-state index contributed by atoms with van der Waals surface area (Å²) in [6, 6.07) is 19.7. The van der Waals surface area contributed by atoms with Gasteiger partial charge in [-0.05, 0) is 74.5 Å². The van der Waals surface area contributed by atoms with Gasteiger partial charge in [0.15, 0.2) is 0 Å². The Balaban J connectivity index is 1.18. The van der Waals surface area contributed by atoms with Crippen LogP contribution in [0, 0.1) is 5.92 Å². The average molecular weight is 351 g/mol. The lowest BCUT2D eigenvalue weighted by atomic mass is 9.95. The van der Waals surface area contributed by atoms with Crippen LogP contribution in [0.1, 0.15) is 42.7 Å². The third-order valence-electron chi connectivity index (χ3n) is 5.76. The predicted octanol–water partition coefficient (Wildman–Crippen LogP) is 4.10. The van der Waals surface area contributed by atoms with Gasteiger partial charge in [-0.3, -0.25) is 0 Å². The molecule has 1 aliphatic carbocycles. The molecule has 26 heavy (non-hydrogen) atoms. The van der Waals surface area contributed by atoms with E-state index in [0.29, 0.717) is 18.6 Å². The topological polar surface area (TPSA) is 33.3 Å². The summed E-state index contributed by atoms with van der Waals surface area (Å²) in [5.74, 6) is 2.56. The standard InChI is InChI=1S/C23H30N2O/c1-2-4-19(5-3-1)17-26-21-8-6-20(7-9-21)22-16-23(22)25-15-12-18-10-13-24-14-11-18/h1-9,18,22-25H,10-17H2/t22?,23-/m0/s1. The summed E-state index contributed by atoms with van der Waals surface area (Å²) in [4.78, 5) is 0. The quantitative estimate of drug-likeness (QED) is 0.752. The van der Waals surface area contributed by atoms with Crippen LogP contribution >= 0.6 is 0 Å². The smallest absolute Gasteiger partial charge is 0.119 e. The lowest BCUT2D eigenvalue weighted by Gasteiger charge is -2.22. The van der Waals surface area contributed by atoms with Crippen LogP contribution in [-0.4, -0.2) is 25.7 Å². The van der Waals surface area contributed by atoms with Crippen LogP contribution in [0.25, 0.3) is 0 Å². The Labute approximate surface area is 157 Å². The summed E-state index contributed by atoms with van der Waals surface area (Å²) in [5.41, 5.74) is 2.65. The van der Waals surface area contributed by atoms with Crippen LogP contribution < -0.4 is 15.4 Å². The van der Waals surface area contributed by atoms with Crippen molar-refractivity contribution in [1.82, 2.24) is 10.6 Å². The number of hydrogen-bond donors (Lipinski definition) is 2. The maximum atomic E-state index is 5.89. The van der Waals surface area contributed by atoms with E-state index in [9.17, 15) is 0 Å². The second-order valence-electron chi connectivity index (χ2n) is 7.73. The van der Waals surface area contributed by atoms with Crippen molar-refractivity contribution in [2.24, 2.45) is 5.92 Å². The summed E-state index contributed by atoms with van der Waals surface area (Å²) in [5, 5.41) is 7.21. The Hall–Kier alpha value is -1.84. The monoisotopic (exact) mass is 350 g/mol. The van der Waals surface area contributed by atoms with Gasteiger partial charge in [0, 0.05) is 12.0 Å². The van der Waals surface area contributed by atoms with Crippen LogP contribution in [0.2, 0.25) is 0 Å². The minimum Gasteiger partial charge on any atom is -0.489 e. The first-order valence-electron chi connectivity index (χ1n) is 10.1. The molecule has 0 radical (unpaired) electrons. The van der Waals surface area contributed by atoms with Crippen molar-refractivity contribution in [3.8, 4) is 5.75 Å². The van der Waals surface area contributed by atoms with Gasteiger partial charge in [0.05, 0.1) is 0 Å². The second kappa shape index (κ2) is 8.70. The van der Waals surface area contributed by atoms with Crippen LogP contribution in [0.15, 0.2) is 54.6 Å². The van der Waals surface area contributed by atoms with Crippen molar-refractivity contribution >= 4 is 0 Å². The lowest BCUT2D eigenvalue weighted by Crippen LogP contribution is -2.30. The van der Waals surface area contributed by atoms with Crippen molar-refractivity contribution < 1.29 is 4.74 Å². The molecule has 1 saturated heterocycles. The Morgan fingerprint density at radius 1 is 0.962 bits per heavy atom. The summed E-state index contributed by atoms with van der Waals surface area (Å²) < 4.78 is 5.89. The van der Waals surface area contributed by atoms with E-state index in [1.54, 1.807) is 0 Å². The van der Waals surface area contributed by atoms with Crippen LogP contribution in [-0.2, 0) is 6.61 Å². The number of ether oxygens (including phenoxy) is 1. The lowest BCUT2D eigenvalue weighted by molar-refractivity contribution is 0.306. The Morgan fingerprint density at radius 2 is 1.73 bits per heavy atom. The van der Waals surface area contributed by atoms with Gasteiger partial charge in [-0.1, -0.05) is 42.5 Å². The maximum Gasteiger partial charge on any atom is 0.119 e. The predicted molar refractivity (Wildman–Crippen MR) is 107 cm³/mol. The molecular weight excluding hydrogens is 320 g/mol. The molecule has 2 N–H and O–H groups in total.